The molecule has 1 aliphatic heterocycles. The second-order valence-corrected chi connectivity index (χ2v) is 6.74. The third-order valence-corrected chi connectivity index (χ3v) is 5.54. The van der Waals surface area contributed by atoms with E-state index in [4.69, 9.17) is 5.73 Å². The van der Waals surface area contributed by atoms with Crippen LogP contribution in [0.1, 0.15) is 30.7 Å². The summed E-state index contributed by atoms with van der Waals surface area (Å²) in [6.45, 7) is 5.38. The van der Waals surface area contributed by atoms with E-state index in [2.05, 4.69) is 21.8 Å². The Bertz CT molecular complexity index is 574. The monoisotopic (exact) mass is 410 g/mol. The summed E-state index contributed by atoms with van der Waals surface area (Å²) in [5.41, 5.74) is 6.73. The lowest BCUT2D eigenvalue weighted by molar-refractivity contribution is 0.145. The molecule has 3 rings (SSSR count). The van der Waals surface area contributed by atoms with Crippen LogP contribution in [0.5, 0.6) is 0 Å². The molecule has 0 saturated carbocycles. The lowest BCUT2D eigenvalue weighted by Gasteiger charge is -2.35. The highest BCUT2D eigenvalue weighted by Gasteiger charge is 2.24. The minimum Gasteiger partial charge on any atom is -0.330 e. The van der Waals surface area contributed by atoms with Gasteiger partial charge in [0.15, 0.2) is 0 Å². The van der Waals surface area contributed by atoms with Crippen LogP contribution in [0.3, 0.4) is 0 Å². The molecule has 2 aromatic rings. The van der Waals surface area contributed by atoms with Crippen LogP contribution < -0.4 is 5.73 Å². The minimum atomic E-state index is 0. The molecule has 0 aromatic carbocycles. The van der Waals surface area contributed by atoms with Gasteiger partial charge in [0.25, 0.3) is 0 Å². The van der Waals surface area contributed by atoms with Gasteiger partial charge in [-0.15, -0.1) is 48.6 Å². The molecule has 1 atom stereocenters. The summed E-state index contributed by atoms with van der Waals surface area (Å²) in [6, 6.07) is 6.38. The van der Waals surface area contributed by atoms with Crippen LogP contribution in [0.4, 0.5) is 0 Å². The third-order valence-electron chi connectivity index (χ3n) is 4.35. The van der Waals surface area contributed by atoms with E-state index in [1.165, 1.54) is 17.7 Å². The van der Waals surface area contributed by atoms with Crippen molar-refractivity contribution in [3.8, 4) is 10.7 Å². The number of rotatable bonds is 4. The van der Waals surface area contributed by atoms with E-state index in [0.29, 0.717) is 12.0 Å². The Labute approximate surface area is 166 Å². The van der Waals surface area contributed by atoms with Gasteiger partial charge in [0.1, 0.15) is 5.01 Å². The predicted molar refractivity (Wildman–Crippen MR) is 109 cm³/mol. The van der Waals surface area contributed by atoms with Crippen LogP contribution in [0.25, 0.3) is 10.7 Å². The van der Waals surface area contributed by atoms with Gasteiger partial charge >= 0.3 is 0 Å². The van der Waals surface area contributed by atoms with Gasteiger partial charge in [0, 0.05) is 23.3 Å². The van der Waals surface area contributed by atoms with Crippen molar-refractivity contribution in [2.75, 3.05) is 19.6 Å². The van der Waals surface area contributed by atoms with Crippen molar-refractivity contribution < 1.29 is 0 Å². The molecule has 1 saturated heterocycles. The maximum Gasteiger partial charge on any atom is 0.142 e. The SMILES string of the molecule is CC(c1cnc(-c2ccccn2)s1)N1CCC(CN)CC1.Cl.Cl.Cl. The summed E-state index contributed by atoms with van der Waals surface area (Å²) in [7, 11) is 0. The van der Waals surface area contributed by atoms with Gasteiger partial charge in [-0.05, 0) is 57.5 Å². The van der Waals surface area contributed by atoms with Crippen LogP contribution >= 0.6 is 48.6 Å². The number of nitrogens with two attached hydrogens (primary N) is 1. The van der Waals surface area contributed by atoms with Crippen molar-refractivity contribution in [2.45, 2.75) is 25.8 Å². The fraction of sp³-hybridized carbons (Fsp3) is 0.500. The Hall–Kier alpha value is -0.430. The van der Waals surface area contributed by atoms with Crippen LogP contribution in [0, 0.1) is 5.92 Å². The molecule has 0 spiro atoms. The summed E-state index contributed by atoms with van der Waals surface area (Å²) in [6.07, 6.45) is 6.26. The number of hydrogen-bond acceptors (Lipinski definition) is 5. The zero-order valence-electron chi connectivity index (χ0n) is 13.6. The normalized spacial score (nSPS) is 16.4. The molecule has 8 heteroatoms. The Morgan fingerprint density at radius 1 is 1.21 bits per heavy atom. The van der Waals surface area contributed by atoms with Gasteiger partial charge in [0.05, 0.1) is 5.69 Å². The van der Waals surface area contributed by atoms with Crippen molar-refractivity contribution >= 4 is 48.6 Å². The number of halogens is 3. The van der Waals surface area contributed by atoms with Gasteiger partial charge in [0.2, 0.25) is 0 Å². The number of likely N-dealkylation sites (tertiary alicyclic amines) is 1. The van der Waals surface area contributed by atoms with Gasteiger partial charge in [-0.2, -0.15) is 0 Å². The Kier molecular flexibility index (Phi) is 11.0. The fourth-order valence-corrected chi connectivity index (χ4v) is 3.82. The lowest BCUT2D eigenvalue weighted by atomic mass is 9.96. The molecule has 0 amide bonds. The van der Waals surface area contributed by atoms with Crippen molar-refractivity contribution in [2.24, 2.45) is 11.7 Å². The summed E-state index contributed by atoms with van der Waals surface area (Å²) < 4.78 is 0. The number of piperidine rings is 1. The summed E-state index contributed by atoms with van der Waals surface area (Å²) in [4.78, 5) is 12.8. The average Bonchev–Trinajstić information content (AvgIpc) is 3.05. The van der Waals surface area contributed by atoms with Crippen LogP contribution in [-0.2, 0) is 0 Å². The van der Waals surface area contributed by atoms with E-state index in [9.17, 15) is 0 Å². The lowest BCUT2D eigenvalue weighted by Crippen LogP contribution is -2.37. The second kappa shape index (κ2) is 11.2. The molecule has 1 unspecified atom stereocenters. The molecule has 0 aliphatic carbocycles. The Morgan fingerprint density at radius 3 is 2.50 bits per heavy atom. The molecule has 4 nitrogen and oxygen atoms in total. The zero-order chi connectivity index (χ0) is 14.7. The quantitative estimate of drug-likeness (QED) is 0.819. The van der Waals surface area contributed by atoms with Crippen molar-refractivity contribution in [1.29, 1.82) is 0 Å². The maximum absolute atomic E-state index is 5.77. The van der Waals surface area contributed by atoms with E-state index >= 15 is 0 Å². The highest BCUT2D eigenvalue weighted by Crippen LogP contribution is 2.32. The molecule has 0 radical (unpaired) electrons. The first-order chi connectivity index (χ1) is 10.3. The molecule has 136 valence electrons. The molecule has 2 aromatic heterocycles. The van der Waals surface area contributed by atoms with Crippen LogP contribution in [-0.4, -0.2) is 34.5 Å². The number of hydrogen-bond donors (Lipinski definition) is 1. The first-order valence-electron chi connectivity index (χ1n) is 7.59. The smallest absolute Gasteiger partial charge is 0.142 e. The highest BCUT2D eigenvalue weighted by atomic mass is 35.5. The molecule has 3 heterocycles. The van der Waals surface area contributed by atoms with E-state index in [-0.39, 0.29) is 37.2 Å². The second-order valence-electron chi connectivity index (χ2n) is 5.67. The topological polar surface area (TPSA) is 55.0 Å². The number of nitrogens with zero attached hydrogens (tertiary/aromatic N) is 3. The van der Waals surface area contributed by atoms with Crippen molar-refractivity contribution in [3.05, 3.63) is 35.5 Å². The van der Waals surface area contributed by atoms with Crippen molar-refractivity contribution in [3.63, 3.8) is 0 Å². The Balaban J connectivity index is 0.00000176. The molecule has 1 aliphatic rings. The average molecular weight is 412 g/mol. The maximum atomic E-state index is 5.77. The molecule has 0 bridgehead atoms. The fourth-order valence-electron chi connectivity index (χ4n) is 2.84. The van der Waals surface area contributed by atoms with E-state index in [1.807, 2.05) is 30.6 Å². The molecular weight excluding hydrogens is 387 g/mol. The first-order valence-corrected chi connectivity index (χ1v) is 8.41. The number of aromatic nitrogens is 2. The first kappa shape index (κ1) is 23.6. The molecule has 1 fully saturated rings. The van der Waals surface area contributed by atoms with Crippen molar-refractivity contribution in [1.82, 2.24) is 14.9 Å². The molecular formula is C16H25Cl3N4S. The van der Waals surface area contributed by atoms with E-state index in [0.717, 1.165) is 30.3 Å². The van der Waals surface area contributed by atoms with Crippen LogP contribution in [0.15, 0.2) is 30.6 Å². The van der Waals surface area contributed by atoms with Gasteiger partial charge in [-0.1, -0.05) is 6.07 Å². The van der Waals surface area contributed by atoms with Gasteiger partial charge < -0.3 is 5.73 Å². The van der Waals surface area contributed by atoms with E-state index < -0.39 is 0 Å². The zero-order valence-corrected chi connectivity index (χ0v) is 16.9. The number of thiazole rings is 1. The number of pyridine rings is 1. The standard InChI is InChI=1S/C16H22N4S.3ClH/c1-12(20-8-5-13(10-17)6-9-20)15-11-19-16(21-15)14-4-2-3-7-18-14;;;/h2-4,7,11-13H,5-6,8-10,17H2,1H3;3*1H. The largest absolute Gasteiger partial charge is 0.330 e. The highest BCUT2D eigenvalue weighted by molar-refractivity contribution is 7.15. The molecule has 2 N–H and O–H groups in total. The van der Waals surface area contributed by atoms with Gasteiger partial charge in [-0.3, -0.25) is 9.88 Å². The van der Waals surface area contributed by atoms with Gasteiger partial charge in [-0.25, -0.2) is 4.98 Å². The van der Waals surface area contributed by atoms with E-state index in [1.54, 1.807) is 11.3 Å². The summed E-state index contributed by atoms with van der Waals surface area (Å²) >= 11 is 1.75. The summed E-state index contributed by atoms with van der Waals surface area (Å²) in [5, 5.41) is 1.01. The Morgan fingerprint density at radius 2 is 1.92 bits per heavy atom. The molecule has 24 heavy (non-hydrogen) atoms. The third kappa shape index (κ3) is 5.55. The van der Waals surface area contributed by atoms with Crippen LogP contribution in [0.2, 0.25) is 0 Å². The summed E-state index contributed by atoms with van der Waals surface area (Å²) in [5.74, 6) is 0.707. The predicted octanol–water partition coefficient (Wildman–Crippen LogP) is 4.20. The minimum absolute atomic E-state index is 0.